The van der Waals surface area contributed by atoms with Gasteiger partial charge in [0.05, 0.1) is 9.73 Å². The van der Waals surface area contributed by atoms with Gasteiger partial charge in [0, 0.05) is 6.26 Å². The normalized spacial score (nSPS) is 14.8. The lowest BCUT2D eigenvalue weighted by molar-refractivity contribution is 0.0689. The molecule has 0 aliphatic heterocycles. The lowest BCUT2D eigenvalue weighted by Gasteiger charge is -2.00. The maximum atomic E-state index is 11.2. The Hall–Kier alpha value is -1.43. The van der Waals surface area contributed by atoms with Gasteiger partial charge in [-0.2, -0.15) is 0 Å². The lowest BCUT2D eigenvalue weighted by Crippen LogP contribution is -2.05. The van der Waals surface area contributed by atoms with E-state index in [9.17, 15) is 9.00 Å². The highest BCUT2D eigenvalue weighted by Crippen LogP contribution is 2.06. The molecule has 0 amide bonds. The monoisotopic (exact) mass is 200 g/mol. The molecule has 1 aromatic heterocycles. The summed E-state index contributed by atoms with van der Waals surface area (Å²) >= 11 is 0. The molecule has 1 atom stereocenters. The summed E-state index contributed by atoms with van der Waals surface area (Å²) < 4.78 is 18.4. The van der Waals surface area contributed by atoms with Gasteiger partial charge >= 0.3 is 5.97 Å². The van der Waals surface area contributed by atoms with Crippen molar-refractivity contribution in [3.63, 3.8) is 0 Å². The van der Waals surface area contributed by atoms with Crippen LogP contribution in [0.4, 0.5) is 0 Å². The van der Waals surface area contributed by atoms with E-state index in [1.165, 1.54) is 24.5 Å². The molecule has 0 fully saturated rings. The van der Waals surface area contributed by atoms with Crippen molar-refractivity contribution in [2.75, 3.05) is 6.26 Å². The number of carboxylic acid groups (broad SMARTS) is 1. The number of carboxylic acids is 1. The van der Waals surface area contributed by atoms with Crippen molar-refractivity contribution in [2.24, 2.45) is 0 Å². The second-order valence-corrected chi connectivity index (χ2v) is 4.62. The Bertz CT molecular complexity index is 439. The van der Waals surface area contributed by atoms with Gasteiger partial charge in [-0.1, -0.05) is 6.07 Å². The van der Waals surface area contributed by atoms with Gasteiger partial charge in [-0.15, -0.1) is 0 Å². The van der Waals surface area contributed by atoms with Crippen LogP contribution in [0.25, 0.3) is 0 Å². The summed E-state index contributed by atoms with van der Waals surface area (Å²) in [5, 5.41) is 8.55. The van der Waals surface area contributed by atoms with Gasteiger partial charge in [-0.05, 0) is 12.1 Å². The van der Waals surface area contributed by atoms with Gasteiger partial charge in [0.1, 0.15) is 10.7 Å². The Balaban J connectivity index is 3.29. The molecule has 2 N–H and O–H groups in total. The van der Waals surface area contributed by atoms with Crippen molar-refractivity contribution in [2.45, 2.75) is 5.03 Å². The summed E-state index contributed by atoms with van der Waals surface area (Å²) in [5.41, 5.74) is -0.195. The van der Waals surface area contributed by atoms with Crippen LogP contribution in [0.2, 0.25) is 0 Å². The quantitative estimate of drug-likeness (QED) is 0.739. The molecule has 1 rings (SSSR count). The number of rotatable bonds is 2. The highest BCUT2D eigenvalue weighted by atomic mass is 32.2. The molecule has 1 unspecified atom stereocenters. The third kappa shape index (κ3) is 2.25. The van der Waals surface area contributed by atoms with Gasteiger partial charge in [-0.25, -0.2) is 18.8 Å². The third-order valence-corrected chi connectivity index (χ3v) is 2.37. The minimum atomic E-state index is -2.93. The SMILES string of the molecule is CS(=N)(=O)c1cccc(C(=O)O)n1. The fourth-order valence-electron chi connectivity index (χ4n) is 0.751. The summed E-state index contributed by atoms with van der Waals surface area (Å²) in [4.78, 5) is 14.0. The van der Waals surface area contributed by atoms with Crippen molar-refractivity contribution < 1.29 is 14.1 Å². The zero-order valence-corrected chi connectivity index (χ0v) is 7.67. The summed E-state index contributed by atoms with van der Waals surface area (Å²) in [7, 11) is -2.93. The van der Waals surface area contributed by atoms with Gasteiger partial charge in [0.25, 0.3) is 0 Å². The molecular weight excluding hydrogens is 192 g/mol. The summed E-state index contributed by atoms with van der Waals surface area (Å²) in [6.07, 6.45) is 1.20. The molecule has 1 heterocycles. The van der Waals surface area contributed by atoms with E-state index in [0.717, 1.165) is 0 Å². The number of nitrogens with zero attached hydrogens (tertiary/aromatic N) is 1. The van der Waals surface area contributed by atoms with Crippen molar-refractivity contribution in [1.82, 2.24) is 4.98 Å². The molecule has 0 spiro atoms. The highest BCUT2D eigenvalue weighted by Gasteiger charge is 2.09. The third-order valence-electron chi connectivity index (χ3n) is 1.34. The van der Waals surface area contributed by atoms with Crippen LogP contribution in [0.1, 0.15) is 10.5 Å². The molecule has 1 aromatic rings. The predicted octanol–water partition coefficient (Wildman–Crippen LogP) is 0.815. The van der Waals surface area contributed by atoms with E-state index in [0.29, 0.717) is 0 Å². The molecular formula is C7H8N2O3S. The Morgan fingerprint density at radius 2 is 2.23 bits per heavy atom. The van der Waals surface area contributed by atoms with E-state index in [1.807, 2.05) is 0 Å². The average Bonchev–Trinajstić information content (AvgIpc) is 2.03. The zero-order valence-electron chi connectivity index (χ0n) is 6.85. The fraction of sp³-hybridized carbons (Fsp3) is 0.143. The van der Waals surface area contributed by atoms with E-state index < -0.39 is 15.7 Å². The maximum absolute atomic E-state index is 11.2. The van der Waals surface area contributed by atoms with Crippen molar-refractivity contribution in [3.05, 3.63) is 23.9 Å². The number of aromatic carboxylic acids is 1. The molecule has 6 heteroatoms. The molecule has 0 saturated heterocycles. The Kier molecular flexibility index (Phi) is 2.33. The van der Waals surface area contributed by atoms with Crippen LogP contribution in [0.3, 0.4) is 0 Å². The molecule has 0 aliphatic rings. The van der Waals surface area contributed by atoms with Crippen LogP contribution in [-0.2, 0) is 9.73 Å². The molecule has 5 nitrogen and oxygen atoms in total. The Morgan fingerprint density at radius 3 is 2.69 bits per heavy atom. The molecule has 0 aromatic carbocycles. The molecule has 13 heavy (non-hydrogen) atoms. The summed E-state index contributed by atoms with van der Waals surface area (Å²) in [5.74, 6) is -1.19. The maximum Gasteiger partial charge on any atom is 0.354 e. The first-order chi connectivity index (χ1) is 5.91. The van der Waals surface area contributed by atoms with Crippen LogP contribution >= 0.6 is 0 Å². The average molecular weight is 200 g/mol. The predicted molar refractivity (Wildman–Crippen MR) is 46.2 cm³/mol. The lowest BCUT2D eigenvalue weighted by atomic mass is 10.4. The first-order valence-electron chi connectivity index (χ1n) is 3.35. The largest absolute Gasteiger partial charge is 0.477 e. The van der Waals surface area contributed by atoms with E-state index in [2.05, 4.69) is 4.98 Å². The van der Waals surface area contributed by atoms with Crippen LogP contribution in [0, 0.1) is 4.78 Å². The van der Waals surface area contributed by atoms with E-state index >= 15 is 0 Å². The number of hydrogen-bond donors (Lipinski definition) is 2. The molecule has 0 bridgehead atoms. The van der Waals surface area contributed by atoms with Gasteiger partial charge in [-0.3, -0.25) is 0 Å². The number of carbonyl (C=O) groups is 1. The second kappa shape index (κ2) is 3.14. The topological polar surface area (TPSA) is 91.1 Å². The van der Waals surface area contributed by atoms with Gasteiger partial charge in [0.2, 0.25) is 0 Å². The van der Waals surface area contributed by atoms with Crippen LogP contribution in [0.5, 0.6) is 0 Å². The summed E-state index contributed by atoms with van der Waals surface area (Å²) in [6.45, 7) is 0. The number of pyridine rings is 1. The van der Waals surface area contributed by atoms with Gasteiger partial charge < -0.3 is 5.11 Å². The molecule has 0 aliphatic carbocycles. The van der Waals surface area contributed by atoms with Crippen LogP contribution in [0.15, 0.2) is 23.2 Å². The first kappa shape index (κ1) is 9.66. The smallest absolute Gasteiger partial charge is 0.354 e. The van der Waals surface area contributed by atoms with E-state index in [1.54, 1.807) is 0 Å². The highest BCUT2D eigenvalue weighted by molar-refractivity contribution is 7.91. The van der Waals surface area contributed by atoms with Gasteiger partial charge in [0.15, 0.2) is 0 Å². The van der Waals surface area contributed by atoms with E-state index in [4.69, 9.17) is 9.89 Å². The number of aromatic nitrogens is 1. The zero-order chi connectivity index (χ0) is 10.1. The van der Waals surface area contributed by atoms with Crippen molar-refractivity contribution >= 4 is 15.7 Å². The first-order valence-corrected chi connectivity index (χ1v) is 5.32. The van der Waals surface area contributed by atoms with E-state index in [-0.39, 0.29) is 10.7 Å². The Morgan fingerprint density at radius 1 is 1.62 bits per heavy atom. The second-order valence-electron chi connectivity index (χ2n) is 2.51. The van der Waals surface area contributed by atoms with Crippen LogP contribution < -0.4 is 0 Å². The fourth-order valence-corrected chi connectivity index (χ4v) is 1.36. The van der Waals surface area contributed by atoms with Crippen molar-refractivity contribution in [1.29, 1.82) is 4.78 Å². The van der Waals surface area contributed by atoms with Crippen molar-refractivity contribution in [3.8, 4) is 0 Å². The Labute approximate surface area is 75.4 Å². The number of hydrogen-bond acceptors (Lipinski definition) is 4. The summed E-state index contributed by atoms with van der Waals surface area (Å²) in [6, 6.07) is 4.09. The molecule has 0 saturated carbocycles. The molecule has 0 radical (unpaired) electrons. The minimum Gasteiger partial charge on any atom is -0.477 e. The molecule has 70 valence electrons. The minimum absolute atomic E-state index is 0.00704. The standard InChI is InChI=1S/C7H8N2O3S/c1-13(8,12)6-4-2-3-5(9-6)7(10)11/h2-4,8H,1H3,(H,10,11). The van der Waals surface area contributed by atoms with Crippen LogP contribution in [-0.4, -0.2) is 26.5 Å². The number of nitrogens with one attached hydrogen (secondary N) is 1.